The van der Waals surface area contributed by atoms with Crippen LogP contribution in [-0.2, 0) is 0 Å². The summed E-state index contributed by atoms with van der Waals surface area (Å²) >= 11 is 8.15. The van der Waals surface area contributed by atoms with Crippen molar-refractivity contribution in [3.63, 3.8) is 0 Å². The number of halogens is 2. The minimum Gasteiger partial charge on any atom is -0.357 e. The molecule has 0 saturated heterocycles. The molecule has 2 rings (SSSR count). The zero-order chi connectivity index (χ0) is 14.7. The third-order valence-electron chi connectivity index (χ3n) is 2.42. The summed E-state index contributed by atoms with van der Waals surface area (Å²) in [4.78, 5) is 14.7. The minimum absolute atomic E-state index is 0.480. The molecule has 2 aromatic rings. The van der Waals surface area contributed by atoms with E-state index in [1.807, 2.05) is 37.2 Å². The van der Waals surface area contributed by atoms with E-state index in [1.165, 1.54) is 0 Å². The van der Waals surface area contributed by atoms with Gasteiger partial charge in [-0.25, -0.2) is 0 Å². The Bertz CT molecular complexity index is 619. The van der Waals surface area contributed by atoms with Crippen LogP contribution in [0.3, 0.4) is 0 Å². The molecule has 0 bridgehead atoms. The average Bonchev–Trinajstić information content (AvgIpc) is 2.41. The first kappa shape index (κ1) is 15.0. The molecule has 0 saturated carbocycles. The summed E-state index contributed by atoms with van der Waals surface area (Å²) in [6.45, 7) is 0. The van der Waals surface area contributed by atoms with Gasteiger partial charge in [-0.05, 0) is 40.8 Å². The van der Waals surface area contributed by atoms with Gasteiger partial charge >= 0.3 is 0 Å². The zero-order valence-electron chi connectivity index (χ0n) is 11.3. The van der Waals surface area contributed by atoms with Gasteiger partial charge < -0.3 is 15.5 Å². The van der Waals surface area contributed by atoms with Crippen molar-refractivity contribution in [2.75, 3.05) is 36.7 Å². The molecule has 0 spiro atoms. The van der Waals surface area contributed by atoms with E-state index < -0.39 is 0 Å². The van der Waals surface area contributed by atoms with Gasteiger partial charge in [-0.3, -0.25) is 0 Å². The van der Waals surface area contributed by atoms with Crippen LogP contribution >= 0.6 is 34.2 Å². The van der Waals surface area contributed by atoms with E-state index in [4.69, 9.17) is 11.6 Å². The van der Waals surface area contributed by atoms with Crippen molar-refractivity contribution in [1.29, 1.82) is 0 Å². The predicted molar refractivity (Wildman–Crippen MR) is 91.2 cm³/mol. The van der Waals surface area contributed by atoms with Gasteiger partial charge in [0, 0.05) is 29.7 Å². The number of aromatic nitrogens is 3. The molecule has 1 heterocycles. The molecule has 0 radical (unpaired) electrons. The first-order valence-corrected chi connectivity index (χ1v) is 7.28. The van der Waals surface area contributed by atoms with Crippen molar-refractivity contribution in [2.24, 2.45) is 0 Å². The Morgan fingerprint density at radius 2 is 1.85 bits per heavy atom. The SMILES string of the molecule is CNc1nc(Nc2ccc(Cl)cc2I)nc(N(C)C)n1. The lowest BCUT2D eigenvalue weighted by Gasteiger charge is -2.13. The summed E-state index contributed by atoms with van der Waals surface area (Å²) in [5, 5.41) is 6.79. The highest BCUT2D eigenvalue weighted by molar-refractivity contribution is 14.1. The largest absolute Gasteiger partial charge is 0.357 e. The van der Waals surface area contributed by atoms with E-state index in [9.17, 15) is 0 Å². The van der Waals surface area contributed by atoms with Gasteiger partial charge in [0.25, 0.3) is 0 Å². The van der Waals surface area contributed by atoms with Crippen molar-refractivity contribution >= 4 is 57.7 Å². The standard InChI is InChI=1S/C12H14ClIN6/c1-15-10-17-11(19-12(18-10)20(2)3)16-9-5-4-7(13)6-8(9)14/h4-6H,1-3H3,(H2,15,16,17,18,19). The molecule has 106 valence electrons. The third kappa shape index (κ3) is 3.60. The van der Waals surface area contributed by atoms with Crippen molar-refractivity contribution in [2.45, 2.75) is 0 Å². The van der Waals surface area contributed by atoms with Gasteiger partial charge in [-0.1, -0.05) is 11.6 Å². The average molecular weight is 405 g/mol. The number of nitrogens with zero attached hydrogens (tertiary/aromatic N) is 4. The van der Waals surface area contributed by atoms with Gasteiger partial charge in [-0.2, -0.15) is 15.0 Å². The topological polar surface area (TPSA) is 66.0 Å². The number of anilines is 4. The molecule has 1 aromatic carbocycles. The molecule has 2 N–H and O–H groups in total. The molecule has 0 amide bonds. The highest BCUT2D eigenvalue weighted by Crippen LogP contribution is 2.25. The second kappa shape index (κ2) is 6.40. The molecule has 0 aliphatic heterocycles. The smallest absolute Gasteiger partial charge is 0.233 e. The highest BCUT2D eigenvalue weighted by atomic mass is 127. The molecule has 6 nitrogen and oxygen atoms in total. The highest BCUT2D eigenvalue weighted by Gasteiger charge is 2.09. The van der Waals surface area contributed by atoms with E-state index in [0.29, 0.717) is 22.9 Å². The van der Waals surface area contributed by atoms with Gasteiger partial charge in [0.1, 0.15) is 0 Å². The van der Waals surface area contributed by atoms with Crippen LogP contribution in [0.15, 0.2) is 18.2 Å². The summed E-state index contributed by atoms with van der Waals surface area (Å²) in [6, 6.07) is 5.58. The van der Waals surface area contributed by atoms with Crippen LogP contribution in [0.5, 0.6) is 0 Å². The fraction of sp³-hybridized carbons (Fsp3) is 0.250. The minimum atomic E-state index is 0.480. The van der Waals surface area contributed by atoms with Crippen LogP contribution in [0.2, 0.25) is 5.02 Å². The summed E-state index contributed by atoms with van der Waals surface area (Å²) in [7, 11) is 5.53. The van der Waals surface area contributed by atoms with Crippen LogP contribution in [-0.4, -0.2) is 36.1 Å². The first-order chi connectivity index (χ1) is 9.49. The Balaban J connectivity index is 2.34. The predicted octanol–water partition coefficient (Wildman–Crippen LogP) is 2.98. The van der Waals surface area contributed by atoms with Gasteiger partial charge in [0.05, 0.1) is 5.69 Å². The second-order valence-electron chi connectivity index (χ2n) is 4.18. The van der Waals surface area contributed by atoms with E-state index in [0.717, 1.165) is 9.26 Å². The monoisotopic (exact) mass is 404 g/mol. The van der Waals surface area contributed by atoms with Gasteiger partial charge in [0.2, 0.25) is 17.8 Å². The van der Waals surface area contributed by atoms with E-state index in [1.54, 1.807) is 7.05 Å². The molecule has 0 unspecified atom stereocenters. The number of rotatable bonds is 4. The van der Waals surface area contributed by atoms with Crippen LogP contribution in [0.4, 0.5) is 23.5 Å². The summed E-state index contributed by atoms with van der Waals surface area (Å²) < 4.78 is 0.993. The normalized spacial score (nSPS) is 10.2. The zero-order valence-corrected chi connectivity index (χ0v) is 14.2. The quantitative estimate of drug-likeness (QED) is 0.764. The fourth-order valence-corrected chi connectivity index (χ4v) is 2.45. The molecule has 0 aliphatic rings. The van der Waals surface area contributed by atoms with E-state index >= 15 is 0 Å². The van der Waals surface area contributed by atoms with Crippen LogP contribution in [0, 0.1) is 3.57 Å². The molecule has 1 aromatic heterocycles. The van der Waals surface area contributed by atoms with Crippen molar-refractivity contribution in [3.05, 3.63) is 26.8 Å². The second-order valence-corrected chi connectivity index (χ2v) is 5.77. The third-order valence-corrected chi connectivity index (χ3v) is 3.55. The van der Waals surface area contributed by atoms with E-state index in [2.05, 4.69) is 48.2 Å². The van der Waals surface area contributed by atoms with Gasteiger partial charge in [0.15, 0.2) is 0 Å². The molecule has 0 atom stereocenters. The van der Waals surface area contributed by atoms with Crippen LogP contribution < -0.4 is 15.5 Å². The molecule has 8 heteroatoms. The maximum absolute atomic E-state index is 5.94. The lowest BCUT2D eigenvalue weighted by molar-refractivity contribution is 0.963. The number of benzene rings is 1. The Hall–Kier alpha value is -1.35. The lowest BCUT2D eigenvalue weighted by atomic mass is 10.3. The van der Waals surface area contributed by atoms with Crippen molar-refractivity contribution < 1.29 is 0 Å². The first-order valence-electron chi connectivity index (χ1n) is 5.83. The maximum Gasteiger partial charge on any atom is 0.233 e. The lowest BCUT2D eigenvalue weighted by Crippen LogP contribution is -2.15. The summed E-state index contributed by atoms with van der Waals surface area (Å²) in [6.07, 6.45) is 0. The van der Waals surface area contributed by atoms with Crippen LogP contribution in [0.25, 0.3) is 0 Å². The fourth-order valence-electron chi connectivity index (χ4n) is 1.44. The molecular weight excluding hydrogens is 391 g/mol. The maximum atomic E-state index is 5.94. The summed E-state index contributed by atoms with van der Waals surface area (Å²) in [5.41, 5.74) is 0.896. The molecule has 0 fully saturated rings. The number of hydrogen-bond donors (Lipinski definition) is 2. The number of nitrogens with one attached hydrogen (secondary N) is 2. The Kier molecular flexibility index (Phi) is 4.81. The molecule has 0 aliphatic carbocycles. The number of hydrogen-bond acceptors (Lipinski definition) is 6. The van der Waals surface area contributed by atoms with E-state index in [-0.39, 0.29) is 0 Å². The van der Waals surface area contributed by atoms with Gasteiger partial charge in [-0.15, -0.1) is 0 Å². The Morgan fingerprint density at radius 3 is 2.45 bits per heavy atom. The molecule has 20 heavy (non-hydrogen) atoms. The van der Waals surface area contributed by atoms with Crippen LogP contribution in [0.1, 0.15) is 0 Å². The Labute approximate surface area is 136 Å². The molecular formula is C12H14ClIN6. The Morgan fingerprint density at radius 1 is 1.15 bits per heavy atom. The summed E-state index contributed by atoms with van der Waals surface area (Å²) in [5.74, 6) is 1.57. The van der Waals surface area contributed by atoms with Crippen molar-refractivity contribution in [3.8, 4) is 0 Å². The van der Waals surface area contributed by atoms with Crippen molar-refractivity contribution in [1.82, 2.24) is 15.0 Å².